The lowest BCUT2D eigenvalue weighted by molar-refractivity contribution is -0.675. The van der Waals surface area contributed by atoms with Gasteiger partial charge in [0.2, 0.25) is 0 Å². The molecule has 0 radical (unpaired) electrons. The van der Waals surface area contributed by atoms with Gasteiger partial charge in [-0.1, -0.05) is 30.3 Å². The lowest BCUT2D eigenvalue weighted by Crippen LogP contribution is -2.35. The molecule has 3 aromatic rings. The summed E-state index contributed by atoms with van der Waals surface area (Å²) in [5.41, 5.74) is 4.43. The van der Waals surface area contributed by atoms with Crippen LogP contribution in [-0.2, 0) is 23.2 Å². The molecule has 0 bridgehead atoms. The number of rotatable bonds is 6. The highest BCUT2D eigenvalue weighted by Crippen LogP contribution is 2.24. The highest BCUT2D eigenvalue weighted by Gasteiger charge is 2.21. The van der Waals surface area contributed by atoms with Crippen molar-refractivity contribution in [1.82, 2.24) is 4.57 Å². The molecule has 0 spiro atoms. The van der Waals surface area contributed by atoms with Crippen molar-refractivity contribution in [2.75, 3.05) is 5.75 Å². The molecule has 6 heteroatoms. The Labute approximate surface area is 148 Å². The first kappa shape index (κ1) is 17.6. The van der Waals surface area contributed by atoms with E-state index in [1.54, 1.807) is 0 Å². The van der Waals surface area contributed by atoms with Crippen LogP contribution in [0.1, 0.15) is 19.2 Å². The smallest absolute Gasteiger partial charge is 0.254 e. The standard InChI is InChI=1S/C19H22N2O3S/c1-3-20-15(2)21(12-7-13-25(22,23)24)19-14-17(10-11-18(19)20)16-8-5-4-6-9-16/h4-6,8-11,14H,3,7,12-13H2,1-2H3. The molecule has 3 rings (SSSR count). The lowest BCUT2D eigenvalue weighted by Gasteiger charge is -2.06. The Balaban J connectivity index is 2.06. The maximum absolute atomic E-state index is 10.9. The third-order valence-electron chi connectivity index (χ3n) is 4.54. The minimum Gasteiger partial charge on any atom is -0.748 e. The van der Waals surface area contributed by atoms with Crippen LogP contribution in [0, 0.1) is 6.92 Å². The Morgan fingerprint density at radius 2 is 1.80 bits per heavy atom. The van der Waals surface area contributed by atoms with Gasteiger partial charge in [0.25, 0.3) is 5.82 Å². The molecule has 0 unspecified atom stereocenters. The molecule has 0 atom stereocenters. The molecule has 5 nitrogen and oxygen atoms in total. The largest absolute Gasteiger partial charge is 0.748 e. The molecule has 0 aliphatic carbocycles. The zero-order valence-electron chi connectivity index (χ0n) is 14.5. The van der Waals surface area contributed by atoms with E-state index in [-0.39, 0.29) is 5.75 Å². The average Bonchev–Trinajstić information content (AvgIpc) is 2.85. The average molecular weight is 358 g/mol. The van der Waals surface area contributed by atoms with E-state index < -0.39 is 10.1 Å². The number of nitrogens with zero attached hydrogens (tertiary/aromatic N) is 2. The summed E-state index contributed by atoms with van der Waals surface area (Å²) in [6, 6.07) is 16.5. The fourth-order valence-corrected chi connectivity index (χ4v) is 3.84. The molecule has 132 valence electrons. The van der Waals surface area contributed by atoms with E-state index in [9.17, 15) is 13.0 Å². The van der Waals surface area contributed by atoms with E-state index in [1.807, 2.05) is 25.1 Å². The highest BCUT2D eigenvalue weighted by molar-refractivity contribution is 7.85. The fourth-order valence-electron chi connectivity index (χ4n) is 3.35. The molecule has 0 N–H and O–H groups in total. The Bertz CT molecular complexity index is 992. The van der Waals surface area contributed by atoms with Crippen LogP contribution in [0.15, 0.2) is 48.5 Å². The molecule has 2 aromatic carbocycles. The maximum Gasteiger partial charge on any atom is 0.254 e. The lowest BCUT2D eigenvalue weighted by atomic mass is 10.1. The van der Waals surface area contributed by atoms with Gasteiger partial charge in [0, 0.05) is 12.7 Å². The van der Waals surface area contributed by atoms with Crippen molar-refractivity contribution in [3.63, 3.8) is 0 Å². The van der Waals surface area contributed by atoms with Gasteiger partial charge >= 0.3 is 0 Å². The summed E-state index contributed by atoms with van der Waals surface area (Å²) in [7, 11) is -4.18. The highest BCUT2D eigenvalue weighted by atomic mass is 32.2. The Morgan fingerprint density at radius 3 is 2.44 bits per heavy atom. The number of hydrogen-bond acceptors (Lipinski definition) is 3. The zero-order valence-corrected chi connectivity index (χ0v) is 15.3. The minimum absolute atomic E-state index is 0.315. The van der Waals surface area contributed by atoms with Gasteiger partial charge in [-0.05, 0) is 42.7 Å². The SMILES string of the molecule is CC[n+]1c(C)n(CCCS(=O)(=O)[O-])c2cc(-c3ccccc3)ccc21. The number of aromatic nitrogens is 2. The van der Waals surface area contributed by atoms with Crippen molar-refractivity contribution in [1.29, 1.82) is 0 Å². The molecular weight excluding hydrogens is 336 g/mol. The van der Waals surface area contributed by atoms with Crippen molar-refractivity contribution >= 4 is 21.2 Å². The van der Waals surface area contributed by atoms with Gasteiger partial charge in [-0.25, -0.2) is 17.6 Å². The second kappa shape index (κ2) is 6.98. The van der Waals surface area contributed by atoms with Crippen LogP contribution in [0.25, 0.3) is 22.2 Å². The van der Waals surface area contributed by atoms with Crippen molar-refractivity contribution in [3.05, 3.63) is 54.4 Å². The van der Waals surface area contributed by atoms with E-state index in [0.29, 0.717) is 13.0 Å². The van der Waals surface area contributed by atoms with E-state index in [0.717, 1.165) is 34.5 Å². The first-order valence-electron chi connectivity index (χ1n) is 8.42. The van der Waals surface area contributed by atoms with Crippen LogP contribution in [0.4, 0.5) is 0 Å². The Morgan fingerprint density at radius 1 is 1.08 bits per heavy atom. The van der Waals surface area contributed by atoms with E-state index >= 15 is 0 Å². The quantitative estimate of drug-likeness (QED) is 0.503. The van der Waals surface area contributed by atoms with Gasteiger partial charge in [0.1, 0.15) is 0 Å². The van der Waals surface area contributed by atoms with Gasteiger partial charge in [0.05, 0.1) is 23.2 Å². The van der Waals surface area contributed by atoms with Crippen molar-refractivity contribution in [2.24, 2.45) is 0 Å². The number of imidazole rings is 1. The fraction of sp³-hybridized carbons (Fsp3) is 0.316. The van der Waals surface area contributed by atoms with Crippen molar-refractivity contribution < 1.29 is 17.5 Å². The van der Waals surface area contributed by atoms with Gasteiger partial charge in [-0.3, -0.25) is 0 Å². The molecule has 0 amide bonds. The number of fused-ring (bicyclic) bond motifs is 1. The van der Waals surface area contributed by atoms with Gasteiger partial charge in [0.15, 0.2) is 11.0 Å². The summed E-state index contributed by atoms with van der Waals surface area (Å²) in [5, 5.41) is 0. The Hall–Kier alpha value is -2.18. The second-order valence-electron chi connectivity index (χ2n) is 6.13. The van der Waals surface area contributed by atoms with Gasteiger partial charge in [-0.2, -0.15) is 0 Å². The molecule has 0 saturated heterocycles. The summed E-state index contributed by atoms with van der Waals surface area (Å²) in [6.07, 6.45) is 0.315. The first-order valence-corrected chi connectivity index (χ1v) is 10.00. The number of hydrogen-bond donors (Lipinski definition) is 0. The van der Waals surface area contributed by atoms with Crippen LogP contribution in [0.3, 0.4) is 0 Å². The zero-order chi connectivity index (χ0) is 18.0. The third kappa shape index (κ3) is 3.75. The van der Waals surface area contributed by atoms with Crippen LogP contribution < -0.4 is 4.57 Å². The third-order valence-corrected chi connectivity index (χ3v) is 5.33. The molecule has 1 heterocycles. The summed E-state index contributed by atoms with van der Waals surface area (Å²) in [5.74, 6) is 0.724. The van der Waals surface area contributed by atoms with Crippen LogP contribution in [-0.4, -0.2) is 23.3 Å². The maximum atomic E-state index is 10.9. The van der Waals surface area contributed by atoms with E-state index in [4.69, 9.17) is 0 Å². The van der Waals surface area contributed by atoms with Crippen LogP contribution >= 0.6 is 0 Å². The van der Waals surface area contributed by atoms with Crippen LogP contribution in [0.5, 0.6) is 0 Å². The molecule has 0 fully saturated rings. The first-order chi connectivity index (χ1) is 11.9. The predicted octanol–water partition coefficient (Wildman–Crippen LogP) is 2.86. The summed E-state index contributed by atoms with van der Waals surface area (Å²) < 4.78 is 37.0. The van der Waals surface area contributed by atoms with E-state index in [1.165, 1.54) is 0 Å². The van der Waals surface area contributed by atoms with Gasteiger partial charge < -0.3 is 4.55 Å². The summed E-state index contributed by atoms with van der Waals surface area (Å²) in [6.45, 7) is 5.45. The summed E-state index contributed by atoms with van der Waals surface area (Å²) >= 11 is 0. The number of aryl methyl sites for hydroxylation is 2. The molecule has 1 aromatic heterocycles. The minimum atomic E-state index is -4.18. The predicted molar refractivity (Wildman–Crippen MR) is 97.2 cm³/mol. The molecule has 0 saturated carbocycles. The topological polar surface area (TPSA) is 66.0 Å². The van der Waals surface area contributed by atoms with E-state index in [2.05, 4.69) is 46.4 Å². The van der Waals surface area contributed by atoms with Gasteiger partial charge in [-0.15, -0.1) is 0 Å². The van der Waals surface area contributed by atoms with Crippen LogP contribution in [0.2, 0.25) is 0 Å². The normalized spacial score (nSPS) is 12.0. The monoisotopic (exact) mass is 358 g/mol. The molecule has 0 aliphatic rings. The molecular formula is C19H22N2O3S. The summed E-state index contributed by atoms with van der Waals surface area (Å²) in [4.78, 5) is 0. The second-order valence-corrected chi connectivity index (χ2v) is 7.65. The Kier molecular flexibility index (Phi) is 4.92. The van der Waals surface area contributed by atoms with Crippen molar-refractivity contribution in [3.8, 4) is 11.1 Å². The molecule has 25 heavy (non-hydrogen) atoms. The van der Waals surface area contributed by atoms with Crippen molar-refractivity contribution in [2.45, 2.75) is 33.4 Å². The number of benzene rings is 2. The molecule has 0 aliphatic heterocycles.